The molecule has 0 spiro atoms. The number of hydrogen-bond donors (Lipinski definition) is 2. The smallest absolute Gasteiger partial charge is 0.0746 e. The Morgan fingerprint density at radius 1 is 1.40 bits per heavy atom. The van der Waals surface area contributed by atoms with Gasteiger partial charge in [0.15, 0.2) is 0 Å². The van der Waals surface area contributed by atoms with Gasteiger partial charge in [0.2, 0.25) is 0 Å². The van der Waals surface area contributed by atoms with Crippen LogP contribution in [0.2, 0.25) is 0 Å². The minimum absolute atomic E-state index is 0.533. The van der Waals surface area contributed by atoms with Crippen LogP contribution in [0.3, 0.4) is 0 Å². The van der Waals surface area contributed by atoms with Crippen LogP contribution in [-0.4, -0.2) is 37.0 Å². The van der Waals surface area contributed by atoms with E-state index in [1.807, 2.05) is 13.8 Å². The van der Waals surface area contributed by atoms with Crippen molar-refractivity contribution in [1.29, 1.82) is 0 Å². The minimum atomic E-state index is -0.584. The van der Waals surface area contributed by atoms with Gasteiger partial charge in [0.05, 0.1) is 5.60 Å². The van der Waals surface area contributed by atoms with Gasteiger partial charge in [-0.1, -0.05) is 13.8 Å². The molecule has 0 radical (unpaired) electrons. The molecular weight excluding hydrogens is 190 g/mol. The molecule has 2 N–H and O–H groups in total. The van der Waals surface area contributed by atoms with Gasteiger partial charge in [-0.3, -0.25) is 0 Å². The summed E-state index contributed by atoms with van der Waals surface area (Å²) >= 11 is 0. The molecule has 0 fully saturated rings. The molecule has 0 aromatic heterocycles. The monoisotopic (exact) mass is 217 g/mol. The van der Waals surface area contributed by atoms with E-state index in [1.54, 1.807) is 0 Å². The number of hydrogen-bond acceptors (Lipinski definition) is 3. The van der Waals surface area contributed by atoms with E-state index in [-0.39, 0.29) is 0 Å². The van der Waals surface area contributed by atoms with Crippen molar-refractivity contribution in [3.8, 4) is 0 Å². The molecule has 92 valence electrons. The van der Waals surface area contributed by atoms with Crippen LogP contribution in [0, 0.1) is 5.92 Å². The van der Waals surface area contributed by atoms with Gasteiger partial charge in [0, 0.05) is 19.8 Å². The van der Waals surface area contributed by atoms with Crippen LogP contribution in [0.5, 0.6) is 0 Å². The van der Waals surface area contributed by atoms with Crippen molar-refractivity contribution in [3.63, 3.8) is 0 Å². The number of nitrogens with one attached hydrogen (secondary N) is 1. The molecule has 0 saturated carbocycles. The Morgan fingerprint density at radius 2 is 2.07 bits per heavy atom. The third-order valence-electron chi connectivity index (χ3n) is 2.20. The fourth-order valence-electron chi connectivity index (χ4n) is 1.75. The first-order valence-electron chi connectivity index (χ1n) is 5.99. The first-order chi connectivity index (χ1) is 6.98. The van der Waals surface area contributed by atoms with Gasteiger partial charge in [-0.25, -0.2) is 0 Å². The molecule has 15 heavy (non-hydrogen) atoms. The molecule has 1 unspecified atom stereocenters. The first-order valence-corrected chi connectivity index (χ1v) is 5.99. The van der Waals surface area contributed by atoms with Gasteiger partial charge < -0.3 is 15.2 Å². The molecule has 0 heterocycles. The highest BCUT2D eigenvalue weighted by atomic mass is 16.5. The van der Waals surface area contributed by atoms with Crippen LogP contribution in [0.25, 0.3) is 0 Å². The van der Waals surface area contributed by atoms with Gasteiger partial charge in [-0.2, -0.15) is 0 Å². The summed E-state index contributed by atoms with van der Waals surface area (Å²) in [5.74, 6) is 0.533. The van der Waals surface area contributed by atoms with Crippen molar-refractivity contribution in [2.75, 3.05) is 26.3 Å². The fraction of sp³-hybridized carbons (Fsp3) is 1.00. The maximum absolute atomic E-state index is 9.99. The lowest BCUT2D eigenvalue weighted by atomic mass is 9.94. The normalized spacial score (nSPS) is 15.6. The maximum Gasteiger partial charge on any atom is 0.0746 e. The minimum Gasteiger partial charge on any atom is -0.389 e. The molecule has 0 aromatic carbocycles. The second kappa shape index (κ2) is 8.08. The Bertz CT molecular complexity index is 147. The SMILES string of the molecule is CCOCCCNCC(C)(O)CC(C)C. The average molecular weight is 217 g/mol. The van der Waals surface area contributed by atoms with Gasteiger partial charge in [0.25, 0.3) is 0 Å². The van der Waals surface area contributed by atoms with Crippen LogP contribution in [0.1, 0.15) is 40.5 Å². The second-order valence-electron chi connectivity index (χ2n) is 4.82. The van der Waals surface area contributed by atoms with E-state index in [2.05, 4.69) is 19.2 Å². The lowest BCUT2D eigenvalue weighted by Crippen LogP contribution is -2.39. The number of aliphatic hydroxyl groups is 1. The number of ether oxygens (including phenoxy) is 1. The van der Waals surface area contributed by atoms with E-state index in [1.165, 1.54) is 0 Å². The summed E-state index contributed by atoms with van der Waals surface area (Å²) in [6.45, 7) is 11.3. The average Bonchev–Trinajstić information content (AvgIpc) is 2.08. The van der Waals surface area contributed by atoms with Crippen molar-refractivity contribution >= 4 is 0 Å². The standard InChI is InChI=1S/C12H27NO2/c1-5-15-8-6-7-13-10-12(4,14)9-11(2)3/h11,13-14H,5-10H2,1-4H3. The maximum atomic E-state index is 9.99. The quantitative estimate of drug-likeness (QED) is 0.579. The zero-order chi connectivity index (χ0) is 11.7. The lowest BCUT2D eigenvalue weighted by Gasteiger charge is -2.25. The van der Waals surface area contributed by atoms with E-state index >= 15 is 0 Å². The van der Waals surface area contributed by atoms with E-state index < -0.39 is 5.60 Å². The van der Waals surface area contributed by atoms with E-state index in [9.17, 15) is 5.11 Å². The van der Waals surface area contributed by atoms with Crippen LogP contribution >= 0.6 is 0 Å². The van der Waals surface area contributed by atoms with Crippen molar-refractivity contribution in [2.24, 2.45) is 5.92 Å². The summed E-state index contributed by atoms with van der Waals surface area (Å²) in [6, 6.07) is 0. The molecule has 0 aromatic rings. The highest BCUT2D eigenvalue weighted by molar-refractivity contribution is 4.76. The van der Waals surface area contributed by atoms with Gasteiger partial charge in [0.1, 0.15) is 0 Å². The molecule has 3 nitrogen and oxygen atoms in total. The Morgan fingerprint density at radius 3 is 2.60 bits per heavy atom. The molecule has 1 atom stereocenters. The molecule has 0 saturated heterocycles. The van der Waals surface area contributed by atoms with Crippen molar-refractivity contribution < 1.29 is 9.84 Å². The third-order valence-corrected chi connectivity index (χ3v) is 2.20. The fourth-order valence-corrected chi connectivity index (χ4v) is 1.75. The van der Waals surface area contributed by atoms with E-state index in [0.29, 0.717) is 12.5 Å². The van der Waals surface area contributed by atoms with Crippen molar-refractivity contribution in [3.05, 3.63) is 0 Å². The van der Waals surface area contributed by atoms with Crippen LogP contribution in [0.15, 0.2) is 0 Å². The van der Waals surface area contributed by atoms with Crippen molar-refractivity contribution in [2.45, 2.75) is 46.1 Å². The summed E-state index contributed by atoms with van der Waals surface area (Å²) in [6.07, 6.45) is 1.84. The summed E-state index contributed by atoms with van der Waals surface area (Å²) in [7, 11) is 0. The molecule has 3 heteroatoms. The number of rotatable bonds is 9. The molecule has 0 aliphatic heterocycles. The molecule has 0 amide bonds. The molecule has 0 aliphatic rings. The lowest BCUT2D eigenvalue weighted by molar-refractivity contribution is 0.0380. The predicted octanol–water partition coefficient (Wildman–Crippen LogP) is 1.80. The first kappa shape index (κ1) is 14.9. The van der Waals surface area contributed by atoms with Crippen molar-refractivity contribution in [1.82, 2.24) is 5.32 Å². The summed E-state index contributed by atoms with van der Waals surface area (Å²) in [4.78, 5) is 0. The second-order valence-corrected chi connectivity index (χ2v) is 4.82. The molecule has 0 bridgehead atoms. The molecule has 0 rings (SSSR count). The largest absolute Gasteiger partial charge is 0.389 e. The highest BCUT2D eigenvalue weighted by Gasteiger charge is 2.20. The van der Waals surface area contributed by atoms with Gasteiger partial charge in [-0.05, 0) is 39.2 Å². The Kier molecular flexibility index (Phi) is 8.02. The van der Waals surface area contributed by atoms with Crippen LogP contribution in [0.4, 0.5) is 0 Å². The highest BCUT2D eigenvalue weighted by Crippen LogP contribution is 2.14. The van der Waals surface area contributed by atoms with Gasteiger partial charge >= 0.3 is 0 Å². The molecular formula is C12H27NO2. The summed E-state index contributed by atoms with van der Waals surface area (Å²) in [5, 5.41) is 13.3. The zero-order valence-electron chi connectivity index (χ0n) is 10.7. The van der Waals surface area contributed by atoms with Crippen LogP contribution < -0.4 is 5.32 Å². The molecule has 0 aliphatic carbocycles. The third kappa shape index (κ3) is 10.2. The Labute approximate surface area is 94.2 Å². The summed E-state index contributed by atoms with van der Waals surface area (Å²) in [5.41, 5.74) is -0.584. The topological polar surface area (TPSA) is 41.5 Å². The zero-order valence-corrected chi connectivity index (χ0v) is 10.7. The van der Waals surface area contributed by atoms with Gasteiger partial charge in [-0.15, -0.1) is 0 Å². The Balaban J connectivity index is 3.40. The van der Waals surface area contributed by atoms with E-state index in [0.717, 1.165) is 32.6 Å². The van der Waals surface area contributed by atoms with Crippen LogP contribution in [-0.2, 0) is 4.74 Å². The summed E-state index contributed by atoms with van der Waals surface area (Å²) < 4.78 is 5.23. The predicted molar refractivity (Wildman–Crippen MR) is 64.1 cm³/mol. The Hall–Kier alpha value is -0.120. The van der Waals surface area contributed by atoms with E-state index in [4.69, 9.17) is 4.74 Å².